The van der Waals surface area contributed by atoms with E-state index in [4.69, 9.17) is 4.74 Å². The number of hydrogen-bond acceptors (Lipinski definition) is 3. The molecule has 0 N–H and O–H groups in total. The van der Waals surface area contributed by atoms with E-state index in [0.717, 1.165) is 38.5 Å². The molecule has 0 bridgehead atoms. The van der Waals surface area contributed by atoms with Crippen LogP contribution in [0, 0.1) is 0 Å². The van der Waals surface area contributed by atoms with Crippen molar-refractivity contribution in [2.75, 3.05) is 6.61 Å². The molecule has 0 saturated heterocycles. The molecule has 0 atom stereocenters. The Labute approximate surface area is 181 Å². The number of ether oxygens (including phenoxy) is 1. The van der Waals surface area contributed by atoms with Crippen molar-refractivity contribution in [3.05, 3.63) is 12.2 Å². The fourth-order valence-electron chi connectivity index (χ4n) is 3.41. The summed E-state index contributed by atoms with van der Waals surface area (Å²) in [4.78, 5) is 23.4. The molecule has 3 nitrogen and oxygen atoms in total. The van der Waals surface area contributed by atoms with Crippen LogP contribution in [0.2, 0.25) is 0 Å². The van der Waals surface area contributed by atoms with Crippen molar-refractivity contribution >= 4 is 11.8 Å². The summed E-state index contributed by atoms with van der Waals surface area (Å²) in [6.07, 6.45) is 26.4. The zero-order valence-electron chi connectivity index (χ0n) is 19.5. The molecule has 0 aromatic carbocycles. The fraction of sp³-hybridized carbons (Fsp3) is 0.846. The van der Waals surface area contributed by atoms with Gasteiger partial charge in [-0.1, -0.05) is 103 Å². The lowest BCUT2D eigenvalue weighted by molar-refractivity contribution is -0.154. The predicted octanol–water partition coefficient (Wildman–Crippen LogP) is 8.11. The number of carbonyl (C=O) groups excluding carboxylic acids is 2. The number of unbranched alkanes of at least 4 members (excludes halogenated alkanes) is 15. The Balaban J connectivity index is 3.37. The quantitative estimate of drug-likeness (QED) is 0.0786. The molecular weight excluding hydrogens is 360 g/mol. The first-order valence-electron chi connectivity index (χ1n) is 12.6. The van der Waals surface area contributed by atoms with Crippen LogP contribution in [0.15, 0.2) is 12.2 Å². The van der Waals surface area contributed by atoms with E-state index in [0.29, 0.717) is 13.0 Å². The molecule has 0 fully saturated rings. The van der Waals surface area contributed by atoms with Gasteiger partial charge in [0.05, 0.1) is 6.61 Å². The SMILES string of the molecule is CCCCCCCC/C=C\CCCCCCC(=O)C(=O)OCCCCCCCC. The van der Waals surface area contributed by atoms with E-state index in [1.165, 1.54) is 77.0 Å². The summed E-state index contributed by atoms with van der Waals surface area (Å²) < 4.78 is 5.08. The average Bonchev–Trinajstić information content (AvgIpc) is 2.73. The molecule has 29 heavy (non-hydrogen) atoms. The first-order chi connectivity index (χ1) is 14.2. The van der Waals surface area contributed by atoms with Gasteiger partial charge in [-0.15, -0.1) is 0 Å². The Morgan fingerprint density at radius 1 is 0.586 bits per heavy atom. The average molecular weight is 409 g/mol. The molecule has 0 aromatic rings. The highest BCUT2D eigenvalue weighted by Crippen LogP contribution is 2.10. The molecule has 0 unspecified atom stereocenters. The van der Waals surface area contributed by atoms with Crippen LogP contribution in [0.5, 0.6) is 0 Å². The smallest absolute Gasteiger partial charge is 0.374 e. The van der Waals surface area contributed by atoms with Crippen molar-refractivity contribution in [2.24, 2.45) is 0 Å². The summed E-state index contributed by atoms with van der Waals surface area (Å²) in [6.45, 7) is 4.84. The molecule has 0 aliphatic carbocycles. The third kappa shape index (κ3) is 21.4. The summed E-state index contributed by atoms with van der Waals surface area (Å²) in [5, 5.41) is 0. The molecule has 170 valence electrons. The van der Waals surface area contributed by atoms with Crippen molar-refractivity contribution in [1.82, 2.24) is 0 Å². The number of hydrogen-bond donors (Lipinski definition) is 0. The topological polar surface area (TPSA) is 43.4 Å². The van der Waals surface area contributed by atoms with Gasteiger partial charge in [0.15, 0.2) is 0 Å². The Bertz CT molecular complexity index is 401. The summed E-state index contributed by atoms with van der Waals surface area (Å²) in [5.41, 5.74) is 0. The lowest BCUT2D eigenvalue weighted by Crippen LogP contribution is -2.17. The van der Waals surface area contributed by atoms with E-state index < -0.39 is 5.97 Å². The second kappa shape index (κ2) is 23.2. The number of allylic oxidation sites excluding steroid dienone is 2. The van der Waals surface area contributed by atoms with Gasteiger partial charge in [-0.3, -0.25) is 4.79 Å². The summed E-state index contributed by atoms with van der Waals surface area (Å²) in [7, 11) is 0. The van der Waals surface area contributed by atoms with Crippen LogP contribution in [0.3, 0.4) is 0 Å². The van der Waals surface area contributed by atoms with Crippen molar-refractivity contribution in [1.29, 1.82) is 0 Å². The molecule has 0 spiro atoms. The van der Waals surface area contributed by atoms with E-state index in [-0.39, 0.29) is 5.78 Å². The zero-order chi connectivity index (χ0) is 21.4. The van der Waals surface area contributed by atoms with E-state index in [9.17, 15) is 9.59 Å². The minimum atomic E-state index is -0.629. The highest BCUT2D eigenvalue weighted by atomic mass is 16.5. The molecule has 0 rings (SSSR count). The van der Waals surface area contributed by atoms with Crippen LogP contribution in [0.25, 0.3) is 0 Å². The largest absolute Gasteiger partial charge is 0.460 e. The maximum absolute atomic E-state index is 11.8. The van der Waals surface area contributed by atoms with Crippen molar-refractivity contribution in [2.45, 2.75) is 136 Å². The standard InChI is InChI=1S/C26H48O3/c1-3-5-7-9-11-12-13-14-15-16-17-18-19-21-23-25(27)26(28)29-24-22-20-10-8-6-4-2/h14-15H,3-13,16-24H2,1-2H3/b15-14-. The van der Waals surface area contributed by atoms with Crippen LogP contribution in [-0.4, -0.2) is 18.4 Å². The number of ketones is 1. The lowest BCUT2D eigenvalue weighted by Gasteiger charge is -2.04. The maximum atomic E-state index is 11.8. The van der Waals surface area contributed by atoms with Crippen molar-refractivity contribution < 1.29 is 14.3 Å². The van der Waals surface area contributed by atoms with Crippen LogP contribution in [-0.2, 0) is 14.3 Å². The van der Waals surface area contributed by atoms with Gasteiger partial charge in [-0.2, -0.15) is 0 Å². The van der Waals surface area contributed by atoms with Gasteiger partial charge in [0.25, 0.3) is 0 Å². The molecule has 3 heteroatoms. The Kier molecular flexibility index (Phi) is 22.3. The highest BCUT2D eigenvalue weighted by Gasteiger charge is 2.14. The highest BCUT2D eigenvalue weighted by molar-refractivity contribution is 6.33. The van der Waals surface area contributed by atoms with E-state index in [1.54, 1.807) is 0 Å². The van der Waals surface area contributed by atoms with Gasteiger partial charge >= 0.3 is 5.97 Å². The molecule has 0 saturated carbocycles. The van der Waals surface area contributed by atoms with Crippen LogP contribution in [0.1, 0.15) is 136 Å². The van der Waals surface area contributed by atoms with E-state index >= 15 is 0 Å². The zero-order valence-corrected chi connectivity index (χ0v) is 19.5. The minimum Gasteiger partial charge on any atom is -0.460 e. The van der Waals surface area contributed by atoms with Gasteiger partial charge in [0, 0.05) is 6.42 Å². The third-order valence-electron chi connectivity index (χ3n) is 5.37. The number of carbonyl (C=O) groups is 2. The van der Waals surface area contributed by atoms with Gasteiger partial charge in [0.1, 0.15) is 0 Å². The van der Waals surface area contributed by atoms with Gasteiger partial charge in [-0.25, -0.2) is 4.79 Å². The molecular formula is C26H48O3. The molecule has 0 radical (unpaired) electrons. The summed E-state index contributed by atoms with van der Waals surface area (Å²) >= 11 is 0. The lowest BCUT2D eigenvalue weighted by atomic mass is 10.1. The van der Waals surface area contributed by atoms with Crippen molar-refractivity contribution in [3.63, 3.8) is 0 Å². The van der Waals surface area contributed by atoms with Gasteiger partial charge < -0.3 is 4.74 Å². The Morgan fingerprint density at radius 2 is 1.03 bits per heavy atom. The second-order valence-electron chi connectivity index (χ2n) is 8.31. The van der Waals surface area contributed by atoms with Crippen molar-refractivity contribution in [3.8, 4) is 0 Å². The number of esters is 1. The number of Topliss-reactive ketones (excluding diaryl/α,β-unsaturated/α-hetero) is 1. The van der Waals surface area contributed by atoms with Crippen LogP contribution < -0.4 is 0 Å². The van der Waals surface area contributed by atoms with E-state index in [2.05, 4.69) is 26.0 Å². The maximum Gasteiger partial charge on any atom is 0.374 e. The van der Waals surface area contributed by atoms with Crippen LogP contribution >= 0.6 is 0 Å². The first-order valence-corrected chi connectivity index (χ1v) is 12.6. The van der Waals surface area contributed by atoms with Gasteiger partial charge in [0.2, 0.25) is 5.78 Å². The van der Waals surface area contributed by atoms with Gasteiger partial charge in [-0.05, 0) is 38.5 Å². The molecule has 0 aliphatic rings. The molecule has 0 aliphatic heterocycles. The molecule has 0 heterocycles. The first kappa shape index (κ1) is 27.9. The Morgan fingerprint density at radius 3 is 1.59 bits per heavy atom. The molecule has 0 amide bonds. The summed E-state index contributed by atoms with van der Waals surface area (Å²) in [5.74, 6) is -0.981. The Hall–Kier alpha value is -1.12. The fourth-order valence-corrected chi connectivity index (χ4v) is 3.41. The predicted molar refractivity (Wildman–Crippen MR) is 124 cm³/mol. The monoisotopic (exact) mass is 408 g/mol. The minimum absolute atomic E-state index is 0.337. The molecule has 0 aromatic heterocycles. The van der Waals surface area contributed by atoms with Crippen LogP contribution in [0.4, 0.5) is 0 Å². The second-order valence-corrected chi connectivity index (χ2v) is 8.31. The third-order valence-corrected chi connectivity index (χ3v) is 5.37. The van der Waals surface area contributed by atoms with E-state index in [1.807, 2.05) is 0 Å². The summed E-state index contributed by atoms with van der Waals surface area (Å²) in [6, 6.07) is 0. The normalized spacial score (nSPS) is 11.2. The number of rotatable bonds is 22.